The zero-order valence-electron chi connectivity index (χ0n) is 11.0. The maximum absolute atomic E-state index is 12.2. The minimum atomic E-state index is -4.70. The Balaban J connectivity index is 2.20. The standard InChI is InChI=1S/C13H12BrF3N2OS/c1-2-9-11(21-12(18)19-9)6-7-3-4-10(8(14)5-7)20-13(15,16)17/h3-5H,2,6H2,1H3,(H2,18,19). The number of thiazole rings is 1. The largest absolute Gasteiger partial charge is 0.573 e. The molecular weight excluding hydrogens is 369 g/mol. The summed E-state index contributed by atoms with van der Waals surface area (Å²) in [7, 11) is 0. The van der Waals surface area contributed by atoms with Crippen molar-refractivity contribution >= 4 is 32.4 Å². The van der Waals surface area contributed by atoms with E-state index in [1.54, 1.807) is 12.1 Å². The molecule has 0 aliphatic carbocycles. The minimum absolute atomic E-state index is 0.257. The molecule has 0 unspecified atom stereocenters. The van der Waals surface area contributed by atoms with Gasteiger partial charge in [0.15, 0.2) is 5.13 Å². The molecule has 8 heteroatoms. The van der Waals surface area contributed by atoms with E-state index in [9.17, 15) is 13.2 Å². The average molecular weight is 381 g/mol. The van der Waals surface area contributed by atoms with Crippen molar-refractivity contribution < 1.29 is 17.9 Å². The molecule has 0 aliphatic heterocycles. The SMILES string of the molecule is CCc1nc(N)sc1Cc1ccc(OC(F)(F)F)c(Br)c1. The summed E-state index contributed by atoms with van der Waals surface area (Å²) in [5.74, 6) is -0.259. The van der Waals surface area contributed by atoms with Crippen molar-refractivity contribution in [3.8, 4) is 5.75 Å². The van der Waals surface area contributed by atoms with Gasteiger partial charge in [-0.25, -0.2) is 4.98 Å². The predicted octanol–water partition coefficient (Wildman–Crippen LogP) is 4.54. The van der Waals surface area contributed by atoms with Crippen LogP contribution < -0.4 is 10.5 Å². The van der Waals surface area contributed by atoms with Crippen molar-refractivity contribution in [3.63, 3.8) is 0 Å². The lowest BCUT2D eigenvalue weighted by Gasteiger charge is -2.11. The number of ether oxygens (including phenoxy) is 1. The number of aryl methyl sites for hydroxylation is 1. The fourth-order valence-corrected chi connectivity index (χ4v) is 3.33. The first-order chi connectivity index (χ1) is 9.78. The Bertz CT molecular complexity index is 643. The van der Waals surface area contributed by atoms with Crippen molar-refractivity contribution in [2.75, 3.05) is 5.73 Å². The Morgan fingerprint density at radius 1 is 1.38 bits per heavy atom. The first kappa shape index (κ1) is 16.1. The van der Waals surface area contributed by atoms with Crippen molar-refractivity contribution in [3.05, 3.63) is 38.8 Å². The topological polar surface area (TPSA) is 48.1 Å². The van der Waals surface area contributed by atoms with Gasteiger partial charge in [-0.1, -0.05) is 13.0 Å². The number of nitrogens with two attached hydrogens (primary N) is 1. The zero-order chi connectivity index (χ0) is 15.6. The van der Waals surface area contributed by atoms with Crippen LogP contribution in [0.2, 0.25) is 0 Å². The summed E-state index contributed by atoms with van der Waals surface area (Å²) in [5, 5.41) is 0.498. The highest BCUT2D eigenvalue weighted by Crippen LogP contribution is 2.32. The Kier molecular flexibility index (Phi) is 4.77. The summed E-state index contributed by atoms with van der Waals surface area (Å²) < 4.78 is 40.8. The third-order valence-electron chi connectivity index (χ3n) is 2.72. The van der Waals surface area contributed by atoms with Crippen LogP contribution in [0.1, 0.15) is 23.1 Å². The summed E-state index contributed by atoms with van der Waals surface area (Å²) in [5.41, 5.74) is 7.46. The van der Waals surface area contributed by atoms with E-state index in [4.69, 9.17) is 5.73 Å². The molecule has 0 spiro atoms. The summed E-state index contributed by atoms with van der Waals surface area (Å²) in [6, 6.07) is 4.50. The van der Waals surface area contributed by atoms with E-state index in [0.717, 1.165) is 22.6 Å². The molecule has 21 heavy (non-hydrogen) atoms. The number of aromatic nitrogens is 1. The van der Waals surface area contributed by atoms with E-state index in [-0.39, 0.29) is 10.2 Å². The molecule has 0 saturated heterocycles. The second-order valence-corrected chi connectivity index (χ2v) is 6.23. The summed E-state index contributed by atoms with van der Waals surface area (Å²) in [6.07, 6.45) is -3.37. The van der Waals surface area contributed by atoms with Gasteiger partial charge < -0.3 is 10.5 Å². The van der Waals surface area contributed by atoms with E-state index in [1.165, 1.54) is 17.4 Å². The maximum atomic E-state index is 12.2. The molecule has 0 atom stereocenters. The number of halogens is 4. The molecule has 0 aliphatic rings. The third-order valence-corrected chi connectivity index (χ3v) is 4.26. The molecule has 3 nitrogen and oxygen atoms in total. The van der Waals surface area contributed by atoms with E-state index < -0.39 is 6.36 Å². The Hall–Kier alpha value is -1.28. The van der Waals surface area contributed by atoms with Gasteiger partial charge in [-0.05, 0) is 40.0 Å². The number of rotatable bonds is 4. The van der Waals surface area contributed by atoms with Crippen LogP contribution in [0.4, 0.5) is 18.3 Å². The first-order valence-corrected chi connectivity index (χ1v) is 7.67. The van der Waals surface area contributed by atoms with Gasteiger partial charge in [0, 0.05) is 11.3 Å². The van der Waals surface area contributed by atoms with Crippen LogP contribution in [0.3, 0.4) is 0 Å². The lowest BCUT2D eigenvalue weighted by Crippen LogP contribution is -2.17. The number of benzene rings is 1. The van der Waals surface area contributed by atoms with Gasteiger partial charge in [0.1, 0.15) is 5.75 Å². The van der Waals surface area contributed by atoms with Crippen molar-refractivity contribution in [2.24, 2.45) is 0 Å². The quantitative estimate of drug-likeness (QED) is 0.846. The predicted molar refractivity (Wildman–Crippen MR) is 79.5 cm³/mol. The van der Waals surface area contributed by atoms with Crippen LogP contribution in [0.15, 0.2) is 22.7 Å². The molecule has 0 radical (unpaired) electrons. The Labute approximate surface area is 132 Å². The highest BCUT2D eigenvalue weighted by atomic mass is 79.9. The van der Waals surface area contributed by atoms with Crippen molar-refractivity contribution in [1.82, 2.24) is 4.98 Å². The molecule has 0 amide bonds. The van der Waals surface area contributed by atoms with Gasteiger partial charge in [-0.3, -0.25) is 0 Å². The average Bonchev–Trinajstić information content (AvgIpc) is 2.71. The molecule has 114 valence electrons. The van der Waals surface area contributed by atoms with Gasteiger partial charge in [-0.15, -0.1) is 24.5 Å². The van der Waals surface area contributed by atoms with E-state index in [1.807, 2.05) is 6.92 Å². The fraction of sp³-hybridized carbons (Fsp3) is 0.308. The Morgan fingerprint density at radius 2 is 2.10 bits per heavy atom. The number of nitrogen functional groups attached to an aromatic ring is 1. The fourth-order valence-electron chi connectivity index (χ4n) is 1.86. The molecule has 0 bridgehead atoms. The van der Waals surface area contributed by atoms with Crippen LogP contribution in [-0.4, -0.2) is 11.3 Å². The molecule has 1 aromatic heterocycles. The van der Waals surface area contributed by atoms with Gasteiger partial charge in [0.25, 0.3) is 0 Å². The maximum Gasteiger partial charge on any atom is 0.573 e. The lowest BCUT2D eigenvalue weighted by atomic mass is 10.1. The molecule has 1 aromatic carbocycles. The molecule has 0 saturated carbocycles. The molecule has 1 heterocycles. The number of nitrogens with zero attached hydrogens (tertiary/aromatic N) is 1. The highest BCUT2D eigenvalue weighted by Gasteiger charge is 2.31. The van der Waals surface area contributed by atoms with Gasteiger partial charge >= 0.3 is 6.36 Å². The summed E-state index contributed by atoms with van der Waals surface area (Å²) >= 11 is 4.49. The van der Waals surface area contributed by atoms with Crippen LogP contribution in [-0.2, 0) is 12.8 Å². The van der Waals surface area contributed by atoms with Crippen LogP contribution in [0.25, 0.3) is 0 Å². The number of hydrogen-bond donors (Lipinski definition) is 1. The molecule has 2 rings (SSSR count). The van der Waals surface area contributed by atoms with E-state index in [0.29, 0.717) is 11.6 Å². The van der Waals surface area contributed by atoms with Crippen LogP contribution >= 0.6 is 27.3 Å². The van der Waals surface area contributed by atoms with Gasteiger partial charge in [-0.2, -0.15) is 0 Å². The van der Waals surface area contributed by atoms with Gasteiger partial charge in [0.2, 0.25) is 0 Å². The zero-order valence-corrected chi connectivity index (χ0v) is 13.4. The number of anilines is 1. The lowest BCUT2D eigenvalue weighted by molar-refractivity contribution is -0.274. The first-order valence-electron chi connectivity index (χ1n) is 6.06. The van der Waals surface area contributed by atoms with E-state index >= 15 is 0 Å². The summed E-state index contributed by atoms with van der Waals surface area (Å²) in [6.45, 7) is 1.98. The Morgan fingerprint density at radius 3 is 2.67 bits per heavy atom. The molecular formula is C13H12BrF3N2OS. The van der Waals surface area contributed by atoms with Crippen molar-refractivity contribution in [1.29, 1.82) is 0 Å². The third kappa shape index (κ3) is 4.34. The normalized spacial score (nSPS) is 11.7. The van der Waals surface area contributed by atoms with Crippen LogP contribution in [0.5, 0.6) is 5.75 Å². The smallest absolute Gasteiger partial charge is 0.405 e. The van der Waals surface area contributed by atoms with Crippen molar-refractivity contribution in [2.45, 2.75) is 26.1 Å². The van der Waals surface area contributed by atoms with E-state index in [2.05, 4.69) is 25.7 Å². The monoisotopic (exact) mass is 380 g/mol. The molecule has 0 fully saturated rings. The molecule has 2 N–H and O–H groups in total. The van der Waals surface area contributed by atoms with Gasteiger partial charge in [0.05, 0.1) is 10.2 Å². The minimum Gasteiger partial charge on any atom is -0.405 e. The number of hydrogen-bond acceptors (Lipinski definition) is 4. The highest BCUT2D eigenvalue weighted by molar-refractivity contribution is 9.10. The number of alkyl halides is 3. The second kappa shape index (κ2) is 6.23. The second-order valence-electron chi connectivity index (χ2n) is 4.26. The molecule has 2 aromatic rings. The summed E-state index contributed by atoms with van der Waals surface area (Å²) in [4.78, 5) is 5.24. The van der Waals surface area contributed by atoms with Crippen LogP contribution in [0, 0.1) is 0 Å².